The Bertz CT molecular complexity index is 997. The van der Waals surface area contributed by atoms with Gasteiger partial charge in [0.1, 0.15) is 5.82 Å². The second-order valence-electron chi connectivity index (χ2n) is 7.18. The molecular weight excluding hydrogens is 380 g/mol. The van der Waals surface area contributed by atoms with Crippen LogP contribution in [0.5, 0.6) is 0 Å². The Hall–Kier alpha value is -3.22. The molecule has 2 atom stereocenters. The second-order valence-corrected chi connectivity index (χ2v) is 7.18. The molecule has 1 aromatic heterocycles. The summed E-state index contributed by atoms with van der Waals surface area (Å²) in [6, 6.07) is 20.0. The molecule has 0 spiro atoms. The van der Waals surface area contributed by atoms with Crippen LogP contribution in [-0.2, 0) is 11.3 Å². The fourth-order valence-corrected chi connectivity index (χ4v) is 3.44. The predicted molar refractivity (Wildman–Crippen MR) is 116 cm³/mol. The maximum atomic E-state index is 10.6. The Labute approximate surface area is 175 Å². The highest BCUT2D eigenvalue weighted by Gasteiger charge is 2.17. The van der Waals surface area contributed by atoms with Crippen LogP contribution in [0.4, 0.5) is 0 Å². The number of aliphatic hydroxyl groups is 2. The number of allylic oxidation sites excluding steroid dienone is 1. The maximum absolute atomic E-state index is 10.6. The summed E-state index contributed by atoms with van der Waals surface area (Å²) in [5.41, 5.74) is 3.95. The number of hydrogen-bond donors (Lipinski definition) is 3. The molecule has 3 rings (SSSR count). The first-order valence-electron chi connectivity index (χ1n) is 9.88. The lowest BCUT2D eigenvalue weighted by Crippen LogP contribution is -2.19. The minimum Gasteiger partial charge on any atom is -0.481 e. The highest BCUT2D eigenvalue weighted by Crippen LogP contribution is 2.32. The van der Waals surface area contributed by atoms with Gasteiger partial charge in [-0.05, 0) is 6.92 Å². The zero-order valence-electron chi connectivity index (χ0n) is 16.8. The van der Waals surface area contributed by atoms with Crippen LogP contribution in [0.2, 0.25) is 0 Å². The first-order valence-corrected chi connectivity index (χ1v) is 9.88. The van der Waals surface area contributed by atoms with Gasteiger partial charge in [0.15, 0.2) is 0 Å². The van der Waals surface area contributed by atoms with Crippen LogP contribution in [-0.4, -0.2) is 43.0 Å². The van der Waals surface area contributed by atoms with Crippen molar-refractivity contribution in [3.8, 4) is 22.5 Å². The average molecular weight is 406 g/mol. The van der Waals surface area contributed by atoms with Crippen molar-refractivity contribution in [2.24, 2.45) is 0 Å². The van der Waals surface area contributed by atoms with Gasteiger partial charge in [0.25, 0.3) is 0 Å². The zero-order chi connectivity index (χ0) is 21.5. The van der Waals surface area contributed by atoms with Gasteiger partial charge >= 0.3 is 5.97 Å². The quantitative estimate of drug-likeness (QED) is 0.471. The monoisotopic (exact) mass is 406 g/mol. The Morgan fingerprint density at radius 2 is 1.63 bits per heavy atom. The van der Waals surface area contributed by atoms with Crippen molar-refractivity contribution in [3.63, 3.8) is 0 Å². The molecular formula is C24H26N2O4. The summed E-state index contributed by atoms with van der Waals surface area (Å²) in [4.78, 5) is 15.4. The normalized spacial score (nSPS) is 13.4. The van der Waals surface area contributed by atoms with Crippen molar-refractivity contribution in [3.05, 3.63) is 78.6 Å². The number of carbonyl (C=O) groups is 1. The number of aryl methyl sites for hydroxylation is 1. The van der Waals surface area contributed by atoms with Crippen LogP contribution < -0.4 is 0 Å². The van der Waals surface area contributed by atoms with Crippen LogP contribution in [0.1, 0.15) is 18.7 Å². The Kier molecular flexibility index (Phi) is 7.17. The van der Waals surface area contributed by atoms with Gasteiger partial charge < -0.3 is 19.9 Å². The van der Waals surface area contributed by atoms with Crippen molar-refractivity contribution in [1.82, 2.24) is 9.55 Å². The molecule has 0 fully saturated rings. The molecule has 156 valence electrons. The number of carboxylic acids is 1. The fraction of sp³-hybridized carbons (Fsp3) is 0.250. The van der Waals surface area contributed by atoms with Gasteiger partial charge in [0.2, 0.25) is 0 Å². The van der Waals surface area contributed by atoms with E-state index in [2.05, 4.69) is 4.57 Å². The van der Waals surface area contributed by atoms with Gasteiger partial charge in [-0.15, -0.1) is 0 Å². The molecule has 0 aliphatic heterocycles. The number of aromatic nitrogens is 2. The molecule has 2 aromatic carbocycles. The van der Waals surface area contributed by atoms with Crippen molar-refractivity contribution < 1.29 is 20.1 Å². The summed E-state index contributed by atoms with van der Waals surface area (Å²) in [7, 11) is 0. The number of rotatable bonds is 9. The van der Waals surface area contributed by atoms with Crippen LogP contribution in [0.15, 0.2) is 72.8 Å². The highest BCUT2D eigenvalue weighted by atomic mass is 16.4. The number of aliphatic hydroxyl groups excluding tert-OH is 2. The summed E-state index contributed by atoms with van der Waals surface area (Å²) in [6.07, 6.45) is 0.991. The zero-order valence-corrected chi connectivity index (χ0v) is 16.8. The molecule has 0 saturated carbocycles. The van der Waals surface area contributed by atoms with Gasteiger partial charge in [-0.2, -0.15) is 0 Å². The largest absolute Gasteiger partial charge is 0.481 e. The smallest absolute Gasteiger partial charge is 0.305 e. The fourth-order valence-electron chi connectivity index (χ4n) is 3.44. The van der Waals surface area contributed by atoms with E-state index in [1.165, 1.54) is 0 Å². The van der Waals surface area contributed by atoms with Gasteiger partial charge in [-0.1, -0.05) is 72.8 Å². The van der Waals surface area contributed by atoms with Crippen molar-refractivity contribution >= 4 is 5.97 Å². The summed E-state index contributed by atoms with van der Waals surface area (Å²) in [5.74, 6) is -0.244. The molecule has 30 heavy (non-hydrogen) atoms. The third-order valence-corrected chi connectivity index (χ3v) is 4.82. The van der Waals surface area contributed by atoms with E-state index in [4.69, 9.17) is 10.1 Å². The maximum Gasteiger partial charge on any atom is 0.305 e. The van der Waals surface area contributed by atoms with Crippen LogP contribution >= 0.6 is 0 Å². The molecule has 3 aromatic rings. The molecule has 6 heteroatoms. The Morgan fingerprint density at radius 3 is 2.23 bits per heavy atom. The van der Waals surface area contributed by atoms with Crippen molar-refractivity contribution in [2.45, 2.75) is 38.5 Å². The summed E-state index contributed by atoms with van der Waals surface area (Å²) >= 11 is 0. The van der Waals surface area contributed by atoms with E-state index in [9.17, 15) is 15.0 Å². The van der Waals surface area contributed by atoms with Crippen LogP contribution in [0, 0.1) is 6.92 Å². The lowest BCUT2D eigenvalue weighted by atomic mass is 10.0. The van der Waals surface area contributed by atoms with E-state index in [-0.39, 0.29) is 12.8 Å². The minimum atomic E-state index is -1.09. The topological polar surface area (TPSA) is 95.6 Å². The molecule has 6 nitrogen and oxygen atoms in total. The molecule has 2 unspecified atom stereocenters. The van der Waals surface area contributed by atoms with Gasteiger partial charge in [0, 0.05) is 24.1 Å². The lowest BCUT2D eigenvalue weighted by molar-refractivity contribution is -0.139. The number of benzene rings is 2. The molecule has 1 heterocycles. The molecule has 0 aliphatic carbocycles. The predicted octanol–water partition coefficient (Wildman–Crippen LogP) is 3.67. The van der Waals surface area contributed by atoms with E-state index in [0.717, 1.165) is 28.3 Å². The van der Waals surface area contributed by atoms with Crippen LogP contribution in [0.3, 0.4) is 0 Å². The van der Waals surface area contributed by atoms with Gasteiger partial charge in [0.05, 0.1) is 30.0 Å². The summed E-state index contributed by atoms with van der Waals surface area (Å²) in [6.45, 7) is 2.43. The van der Waals surface area contributed by atoms with E-state index in [0.29, 0.717) is 6.54 Å². The molecule has 3 N–H and O–H groups in total. The third kappa shape index (κ3) is 5.43. The number of aliphatic carboxylic acids is 1. The van der Waals surface area contributed by atoms with Crippen LogP contribution in [0.25, 0.3) is 22.5 Å². The molecule has 0 amide bonds. The van der Waals surface area contributed by atoms with E-state index >= 15 is 0 Å². The first kappa shape index (κ1) is 21.5. The SMILES string of the molecule is Cc1nc(-c2ccccc2)c(-c2ccccc2)n1C/C=C/C(O)CC(O)CC(=O)O. The molecule has 0 saturated heterocycles. The number of nitrogens with zero attached hydrogens (tertiary/aromatic N) is 2. The summed E-state index contributed by atoms with van der Waals surface area (Å²) in [5, 5.41) is 28.5. The first-order chi connectivity index (χ1) is 14.5. The number of carboxylic acid groups (broad SMARTS) is 1. The minimum absolute atomic E-state index is 0.0213. The number of imidazole rings is 1. The Balaban J connectivity index is 1.86. The average Bonchev–Trinajstić information content (AvgIpc) is 3.05. The van der Waals surface area contributed by atoms with Crippen molar-refractivity contribution in [1.29, 1.82) is 0 Å². The number of hydrogen-bond acceptors (Lipinski definition) is 4. The molecule has 0 aliphatic rings. The lowest BCUT2D eigenvalue weighted by Gasteiger charge is -2.12. The van der Waals surface area contributed by atoms with Crippen molar-refractivity contribution in [2.75, 3.05) is 0 Å². The molecule has 0 bridgehead atoms. The third-order valence-electron chi connectivity index (χ3n) is 4.82. The Morgan fingerprint density at radius 1 is 1.03 bits per heavy atom. The van der Waals surface area contributed by atoms with E-state index in [1.54, 1.807) is 6.08 Å². The standard InChI is InChI=1S/C24H26N2O4/c1-17-25-23(18-9-4-2-5-10-18)24(19-11-6-3-7-12-19)26(17)14-8-13-20(27)15-21(28)16-22(29)30/h2-13,20-21,27-28H,14-16H2,1H3,(H,29,30)/b13-8+. The van der Waals surface area contributed by atoms with E-state index < -0.39 is 18.2 Å². The highest BCUT2D eigenvalue weighted by molar-refractivity contribution is 5.79. The molecule has 0 radical (unpaired) electrons. The van der Waals surface area contributed by atoms with E-state index in [1.807, 2.05) is 73.7 Å². The summed E-state index contributed by atoms with van der Waals surface area (Å²) < 4.78 is 2.08. The van der Waals surface area contributed by atoms with Gasteiger partial charge in [-0.3, -0.25) is 4.79 Å². The second kappa shape index (κ2) is 10.0. The van der Waals surface area contributed by atoms with Gasteiger partial charge in [-0.25, -0.2) is 4.98 Å².